The van der Waals surface area contributed by atoms with Crippen molar-refractivity contribution < 1.29 is 14.7 Å². The van der Waals surface area contributed by atoms with E-state index in [-0.39, 0.29) is 18.3 Å². The third-order valence-electron chi connectivity index (χ3n) is 3.16. The summed E-state index contributed by atoms with van der Waals surface area (Å²) in [4.78, 5) is 28.4. The number of anilines is 1. The minimum Gasteiger partial charge on any atom is -0.477 e. The first-order valence-corrected chi connectivity index (χ1v) is 6.58. The number of pyridine rings is 1. The van der Waals surface area contributed by atoms with Gasteiger partial charge in [-0.15, -0.1) is 0 Å². The van der Waals surface area contributed by atoms with Crippen molar-refractivity contribution in [3.63, 3.8) is 0 Å². The molecule has 0 aliphatic rings. The van der Waals surface area contributed by atoms with Gasteiger partial charge in [0.05, 0.1) is 6.54 Å². The van der Waals surface area contributed by atoms with Gasteiger partial charge < -0.3 is 15.7 Å². The molecule has 6 heteroatoms. The Morgan fingerprint density at radius 1 is 1.33 bits per heavy atom. The summed E-state index contributed by atoms with van der Waals surface area (Å²) in [6, 6.07) is 8.80. The molecule has 6 nitrogen and oxygen atoms in total. The molecule has 0 saturated heterocycles. The molecule has 2 rings (SSSR count). The van der Waals surface area contributed by atoms with Crippen LogP contribution >= 0.6 is 0 Å². The maximum Gasteiger partial charge on any atom is 0.354 e. The molecule has 2 aromatic rings. The summed E-state index contributed by atoms with van der Waals surface area (Å²) in [5.41, 5.74) is 5.23. The van der Waals surface area contributed by atoms with Crippen LogP contribution in [0.25, 0.3) is 10.8 Å². The van der Waals surface area contributed by atoms with Gasteiger partial charge in [0.25, 0.3) is 0 Å². The number of aromatic carboxylic acids is 1. The second-order valence-electron chi connectivity index (χ2n) is 5.05. The second-order valence-corrected chi connectivity index (χ2v) is 5.05. The zero-order valence-electron chi connectivity index (χ0n) is 11.9. The van der Waals surface area contributed by atoms with Crippen molar-refractivity contribution in [2.45, 2.75) is 19.9 Å². The molecular weight excluding hydrogens is 270 g/mol. The fourth-order valence-electron chi connectivity index (χ4n) is 2.18. The molecule has 0 atom stereocenters. The van der Waals surface area contributed by atoms with Crippen molar-refractivity contribution >= 4 is 28.5 Å². The summed E-state index contributed by atoms with van der Waals surface area (Å²) in [6.07, 6.45) is 0. The van der Waals surface area contributed by atoms with E-state index in [2.05, 4.69) is 4.98 Å². The Morgan fingerprint density at radius 2 is 2.00 bits per heavy atom. The predicted molar refractivity (Wildman–Crippen MR) is 80.4 cm³/mol. The Kier molecular flexibility index (Phi) is 4.07. The lowest BCUT2D eigenvalue weighted by molar-refractivity contribution is -0.116. The fraction of sp³-hybridized carbons (Fsp3) is 0.267. The average Bonchev–Trinajstić information content (AvgIpc) is 2.43. The number of aromatic nitrogens is 1. The summed E-state index contributed by atoms with van der Waals surface area (Å²) in [5.74, 6) is -1.14. The Hall–Kier alpha value is -2.63. The van der Waals surface area contributed by atoms with Crippen molar-refractivity contribution in [2.24, 2.45) is 5.73 Å². The minimum absolute atomic E-state index is 0.0161. The third kappa shape index (κ3) is 3.10. The van der Waals surface area contributed by atoms with E-state index in [0.29, 0.717) is 5.82 Å². The molecule has 1 aromatic carbocycles. The van der Waals surface area contributed by atoms with Crippen LogP contribution in [-0.2, 0) is 4.79 Å². The molecular formula is C15H17N3O3. The normalized spacial score (nSPS) is 10.8. The number of amides is 1. The van der Waals surface area contributed by atoms with E-state index >= 15 is 0 Å². The number of nitrogens with two attached hydrogens (primary N) is 1. The highest BCUT2D eigenvalue weighted by molar-refractivity contribution is 5.98. The van der Waals surface area contributed by atoms with Crippen molar-refractivity contribution in [3.05, 3.63) is 36.0 Å². The van der Waals surface area contributed by atoms with Gasteiger partial charge in [0.15, 0.2) is 5.69 Å². The highest BCUT2D eigenvalue weighted by Crippen LogP contribution is 2.27. The number of rotatable bonds is 5. The summed E-state index contributed by atoms with van der Waals surface area (Å²) < 4.78 is 0. The Bertz CT molecular complexity index is 698. The van der Waals surface area contributed by atoms with Crippen LogP contribution in [0.5, 0.6) is 0 Å². The number of carbonyl (C=O) groups excluding carboxylic acids is 1. The van der Waals surface area contributed by atoms with Crippen LogP contribution in [-0.4, -0.2) is 34.6 Å². The van der Waals surface area contributed by atoms with E-state index in [9.17, 15) is 14.7 Å². The van der Waals surface area contributed by atoms with E-state index in [1.807, 2.05) is 38.1 Å². The van der Waals surface area contributed by atoms with Crippen molar-refractivity contribution in [1.82, 2.24) is 4.98 Å². The van der Waals surface area contributed by atoms with Crippen LogP contribution in [0.15, 0.2) is 30.3 Å². The fourth-order valence-corrected chi connectivity index (χ4v) is 2.18. The maximum atomic E-state index is 11.3. The summed E-state index contributed by atoms with van der Waals surface area (Å²) >= 11 is 0. The minimum atomic E-state index is -1.11. The third-order valence-corrected chi connectivity index (χ3v) is 3.16. The number of carboxylic acid groups (broad SMARTS) is 1. The smallest absolute Gasteiger partial charge is 0.354 e. The summed E-state index contributed by atoms with van der Waals surface area (Å²) in [6.45, 7) is 3.78. The van der Waals surface area contributed by atoms with Gasteiger partial charge in [-0.05, 0) is 25.3 Å². The molecule has 0 aliphatic carbocycles. The number of primary amides is 1. The number of carboxylic acids is 1. The average molecular weight is 287 g/mol. The summed E-state index contributed by atoms with van der Waals surface area (Å²) in [7, 11) is 0. The van der Waals surface area contributed by atoms with Gasteiger partial charge in [0.2, 0.25) is 5.91 Å². The standard InChI is InChI=1S/C15H17N3O3/c1-9(2)18(8-13(16)19)14-11-6-4-3-5-10(11)7-12(17-14)15(20)21/h3-7,9H,8H2,1-2H3,(H2,16,19)(H,20,21). The molecule has 110 valence electrons. The second kappa shape index (κ2) is 5.78. The SMILES string of the molecule is CC(C)N(CC(N)=O)c1nc(C(=O)O)cc2ccccc12. The zero-order chi connectivity index (χ0) is 15.6. The van der Waals surface area contributed by atoms with E-state index in [1.165, 1.54) is 6.07 Å². The number of hydrogen-bond donors (Lipinski definition) is 2. The van der Waals surface area contributed by atoms with Crippen molar-refractivity contribution in [2.75, 3.05) is 11.4 Å². The van der Waals surface area contributed by atoms with Gasteiger partial charge in [-0.2, -0.15) is 0 Å². The lowest BCUT2D eigenvalue weighted by atomic mass is 10.1. The van der Waals surface area contributed by atoms with Crippen LogP contribution in [0, 0.1) is 0 Å². The topological polar surface area (TPSA) is 96.5 Å². The summed E-state index contributed by atoms with van der Waals surface area (Å²) in [5, 5.41) is 10.7. The molecule has 0 saturated carbocycles. The number of carbonyl (C=O) groups is 2. The molecule has 0 fully saturated rings. The van der Waals surface area contributed by atoms with Gasteiger partial charge in [0, 0.05) is 11.4 Å². The van der Waals surface area contributed by atoms with Crippen molar-refractivity contribution in [3.8, 4) is 0 Å². The molecule has 0 radical (unpaired) electrons. The van der Waals surface area contributed by atoms with Crippen LogP contribution in [0.2, 0.25) is 0 Å². The predicted octanol–water partition coefficient (Wildman–Crippen LogP) is 1.63. The van der Waals surface area contributed by atoms with Gasteiger partial charge in [-0.25, -0.2) is 9.78 Å². The van der Waals surface area contributed by atoms with E-state index in [4.69, 9.17) is 5.73 Å². The molecule has 0 unspecified atom stereocenters. The Labute approximate surface area is 122 Å². The lowest BCUT2D eigenvalue weighted by Gasteiger charge is -2.27. The first kappa shape index (κ1) is 14.8. The molecule has 0 bridgehead atoms. The first-order valence-electron chi connectivity index (χ1n) is 6.58. The molecule has 3 N–H and O–H groups in total. The van der Waals surface area contributed by atoms with E-state index < -0.39 is 11.9 Å². The Morgan fingerprint density at radius 3 is 2.57 bits per heavy atom. The van der Waals surface area contributed by atoms with Gasteiger partial charge >= 0.3 is 5.97 Å². The van der Waals surface area contributed by atoms with Crippen LogP contribution in [0.3, 0.4) is 0 Å². The number of nitrogens with zero attached hydrogens (tertiary/aromatic N) is 2. The largest absolute Gasteiger partial charge is 0.477 e. The lowest BCUT2D eigenvalue weighted by Crippen LogP contribution is -2.39. The molecule has 1 heterocycles. The quantitative estimate of drug-likeness (QED) is 0.871. The first-order chi connectivity index (χ1) is 9.90. The molecule has 21 heavy (non-hydrogen) atoms. The van der Waals surface area contributed by atoms with E-state index in [0.717, 1.165) is 10.8 Å². The maximum absolute atomic E-state index is 11.3. The molecule has 0 spiro atoms. The highest BCUT2D eigenvalue weighted by atomic mass is 16.4. The van der Waals surface area contributed by atoms with Gasteiger partial charge in [0.1, 0.15) is 5.82 Å². The van der Waals surface area contributed by atoms with Crippen molar-refractivity contribution in [1.29, 1.82) is 0 Å². The highest BCUT2D eigenvalue weighted by Gasteiger charge is 2.19. The van der Waals surface area contributed by atoms with E-state index in [1.54, 1.807) is 4.90 Å². The van der Waals surface area contributed by atoms with Crippen LogP contribution in [0.4, 0.5) is 5.82 Å². The molecule has 1 amide bonds. The van der Waals surface area contributed by atoms with Gasteiger partial charge in [-0.3, -0.25) is 4.79 Å². The van der Waals surface area contributed by atoms with Crippen LogP contribution in [0.1, 0.15) is 24.3 Å². The molecule has 1 aromatic heterocycles. The Balaban J connectivity index is 2.69. The zero-order valence-corrected chi connectivity index (χ0v) is 11.9. The van der Waals surface area contributed by atoms with Gasteiger partial charge in [-0.1, -0.05) is 24.3 Å². The monoisotopic (exact) mass is 287 g/mol. The molecule has 0 aliphatic heterocycles. The number of benzene rings is 1. The van der Waals surface area contributed by atoms with Crippen LogP contribution < -0.4 is 10.6 Å². The number of fused-ring (bicyclic) bond motifs is 1. The number of hydrogen-bond acceptors (Lipinski definition) is 4.